The number of benzene rings is 1. The van der Waals surface area contributed by atoms with Gasteiger partial charge < -0.3 is 4.74 Å². The monoisotopic (exact) mass is 386 g/mol. The summed E-state index contributed by atoms with van der Waals surface area (Å²) in [5, 5.41) is 0. The maximum Gasteiger partial charge on any atom is 0.123 e. The van der Waals surface area contributed by atoms with E-state index in [1.807, 2.05) is 12.1 Å². The highest BCUT2D eigenvalue weighted by Gasteiger charge is 2.31. The number of thiophene rings is 1. The Morgan fingerprint density at radius 2 is 2.17 bits per heavy atom. The van der Waals surface area contributed by atoms with Crippen LogP contribution in [-0.4, -0.2) is 6.10 Å². The van der Waals surface area contributed by atoms with E-state index in [1.165, 1.54) is 19.8 Å². The second-order valence-electron chi connectivity index (χ2n) is 4.43. The number of para-hydroxylation sites is 1. The predicted molar refractivity (Wildman–Crippen MR) is 83.0 cm³/mol. The van der Waals surface area contributed by atoms with Crippen LogP contribution in [-0.2, 0) is 6.42 Å². The number of fused-ring (bicyclic) bond motifs is 1. The van der Waals surface area contributed by atoms with Crippen molar-refractivity contribution in [2.24, 2.45) is 0 Å². The molecule has 1 aliphatic rings. The lowest BCUT2D eigenvalue weighted by Crippen LogP contribution is -2.19. The van der Waals surface area contributed by atoms with Gasteiger partial charge in [-0.1, -0.05) is 34.1 Å². The first-order valence-electron chi connectivity index (χ1n) is 5.79. The van der Waals surface area contributed by atoms with E-state index in [-0.39, 0.29) is 10.9 Å². The van der Waals surface area contributed by atoms with E-state index in [9.17, 15) is 0 Å². The largest absolute Gasteiger partial charge is 0.488 e. The van der Waals surface area contributed by atoms with Gasteiger partial charge in [0.25, 0.3) is 0 Å². The molecule has 2 heterocycles. The first-order valence-corrected chi connectivity index (χ1v) is 8.32. The zero-order valence-electron chi connectivity index (χ0n) is 9.82. The topological polar surface area (TPSA) is 9.23 Å². The lowest BCUT2D eigenvalue weighted by Gasteiger charge is -2.17. The molecular weight excluding hydrogens is 376 g/mol. The summed E-state index contributed by atoms with van der Waals surface area (Å²) < 4.78 is 7.21. The molecule has 1 aliphatic heterocycles. The molecule has 0 saturated heterocycles. The standard InChI is InChI=1S/C14H12Br2OS/c1-8-10(7-13(15)18-8)14(16)12-6-9-4-2-3-5-11(9)17-12/h2-5,7,12,14H,6H2,1H3. The van der Waals surface area contributed by atoms with Crippen LogP contribution in [0.2, 0.25) is 0 Å². The van der Waals surface area contributed by atoms with E-state index in [1.54, 1.807) is 11.3 Å². The Morgan fingerprint density at radius 1 is 1.39 bits per heavy atom. The number of hydrogen-bond acceptors (Lipinski definition) is 2. The molecule has 0 aliphatic carbocycles. The summed E-state index contributed by atoms with van der Waals surface area (Å²) in [7, 11) is 0. The molecule has 3 rings (SSSR count). The summed E-state index contributed by atoms with van der Waals surface area (Å²) in [6, 6.07) is 10.5. The molecule has 1 aromatic heterocycles. The quantitative estimate of drug-likeness (QED) is 0.638. The van der Waals surface area contributed by atoms with Gasteiger partial charge in [0.15, 0.2) is 0 Å². The van der Waals surface area contributed by atoms with Crippen LogP contribution >= 0.6 is 43.2 Å². The zero-order chi connectivity index (χ0) is 12.7. The van der Waals surface area contributed by atoms with Crippen LogP contribution < -0.4 is 4.74 Å². The van der Waals surface area contributed by atoms with Crippen molar-refractivity contribution in [1.82, 2.24) is 0 Å². The van der Waals surface area contributed by atoms with Crippen molar-refractivity contribution in [2.45, 2.75) is 24.3 Å². The molecule has 1 nitrogen and oxygen atoms in total. The van der Waals surface area contributed by atoms with Crippen molar-refractivity contribution in [1.29, 1.82) is 0 Å². The van der Waals surface area contributed by atoms with Gasteiger partial charge in [0.2, 0.25) is 0 Å². The number of rotatable bonds is 2. The van der Waals surface area contributed by atoms with Crippen molar-refractivity contribution < 1.29 is 4.74 Å². The Kier molecular flexibility index (Phi) is 3.52. The highest BCUT2D eigenvalue weighted by molar-refractivity contribution is 9.11. The van der Waals surface area contributed by atoms with Gasteiger partial charge in [-0.3, -0.25) is 0 Å². The maximum atomic E-state index is 6.03. The minimum atomic E-state index is 0.183. The molecule has 18 heavy (non-hydrogen) atoms. The summed E-state index contributed by atoms with van der Waals surface area (Å²) in [5.74, 6) is 1.03. The van der Waals surface area contributed by atoms with Crippen LogP contribution in [0.3, 0.4) is 0 Å². The highest BCUT2D eigenvalue weighted by atomic mass is 79.9. The molecule has 2 aromatic rings. The SMILES string of the molecule is Cc1sc(Br)cc1C(Br)C1Cc2ccccc2O1. The highest BCUT2D eigenvalue weighted by Crippen LogP contribution is 2.42. The summed E-state index contributed by atoms with van der Waals surface area (Å²) in [5.41, 5.74) is 2.63. The fraction of sp³-hybridized carbons (Fsp3) is 0.286. The molecule has 0 spiro atoms. The number of aryl methyl sites for hydroxylation is 1. The van der Waals surface area contributed by atoms with Gasteiger partial charge in [-0.2, -0.15) is 0 Å². The van der Waals surface area contributed by atoms with E-state index >= 15 is 0 Å². The first-order chi connectivity index (χ1) is 8.65. The van der Waals surface area contributed by atoms with Gasteiger partial charge in [-0.25, -0.2) is 0 Å². The van der Waals surface area contributed by atoms with Gasteiger partial charge >= 0.3 is 0 Å². The minimum Gasteiger partial charge on any atom is -0.488 e. The number of hydrogen-bond donors (Lipinski definition) is 0. The van der Waals surface area contributed by atoms with Crippen LogP contribution in [0.1, 0.15) is 20.8 Å². The second kappa shape index (κ2) is 4.99. The molecular formula is C14H12Br2OS. The van der Waals surface area contributed by atoms with Crippen molar-refractivity contribution in [3.8, 4) is 5.75 Å². The molecule has 0 bridgehead atoms. The maximum absolute atomic E-state index is 6.03. The number of halogens is 2. The van der Waals surface area contributed by atoms with Crippen LogP contribution in [0, 0.1) is 6.92 Å². The number of alkyl halides is 1. The third-order valence-electron chi connectivity index (χ3n) is 3.22. The van der Waals surface area contributed by atoms with Crippen molar-refractivity contribution in [3.05, 3.63) is 50.1 Å². The normalized spacial score (nSPS) is 19.4. The second-order valence-corrected chi connectivity index (χ2v) is 8.05. The Balaban J connectivity index is 1.84. The fourth-order valence-corrected chi connectivity index (χ4v) is 4.98. The van der Waals surface area contributed by atoms with E-state index in [0.29, 0.717) is 0 Å². The smallest absolute Gasteiger partial charge is 0.123 e. The van der Waals surface area contributed by atoms with Gasteiger partial charge in [-0.05, 0) is 46.1 Å². The summed E-state index contributed by atoms with van der Waals surface area (Å²) in [6.45, 7) is 2.15. The average molecular weight is 388 g/mol. The Bertz CT molecular complexity index is 554. The molecule has 1 aromatic carbocycles. The molecule has 2 atom stereocenters. The Labute approximate surface area is 127 Å². The van der Waals surface area contributed by atoms with E-state index in [0.717, 1.165) is 12.2 Å². The molecule has 2 unspecified atom stereocenters. The van der Waals surface area contributed by atoms with Gasteiger partial charge in [0.05, 0.1) is 8.61 Å². The van der Waals surface area contributed by atoms with Crippen LogP contribution in [0.15, 0.2) is 34.1 Å². The Morgan fingerprint density at radius 3 is 2.83 bits per heavy atom. The van der Waals surface area contributed by atoms with Gasteiger partial charge in [-0.15, -0.1) is 11.3 Å². The summed E-state index contributed by atoms with van der Waals surface area (Å²) >= 11 is 9.11. The fourth-order valence-electron chi connectivity index (χ4n) is 2.30. The summed E-state index contributed by atoms with van der Waals surface area (Å²) in [6.07, 6.45) is 1.15. The third-order valence-corrected chi connectivity index (χ3v) is 5.87. The third kappa shape index (κ3) is 2.26. The van der Waals surface area contributed by atoms with E-state index in [4.69, 9.17) is 4.74 Å². The molecule has 0 saturated carbocycles. The zero-order valence-corrected chi connectivity index (χ0v) is 13.8. The molecule has 0 radical (unpaired) electrons. The van der Waals surface area contributed by atoms with Crippen molar-refractivity contribution in [2.75, 3.05) is 0 Å². The predicted octanol–water partition coefficient (Wildman–Crippen LogP) is 5.26. The van der Waals surface area contributed by atoms with Gasteiger partial charge in [0, 0.05) is 11.3 Å². The lowest BCUT2D eigenvalue weighted by molar-refractivity contribution is 0.232. The van der Waals surface area contributed by atoms with Crippen molar-refractivity contribution >= 4 is 43.2 Å². The van der Waals surface area contributed by atoms with Crippen LogP contribution in [0.4, 0.5) is 0 Å². The average Bonchev–Trinajstić information content (AvgIpc) is 2.91. The lowest BCUT2D eigenvalue weighted by atomic mass is 10.0. The first kappa shape index (κ1) is 12.7. The molecule has 0 N–H and O–H groups in total. The van der Waals surface area contributed by atoms with E-state index in [2.05, 4.69) is 57.0 Å². The summed E-state index contributed by atoms with van der Waals surface area (Å²) in [4.78, 5) is 1.58. The molecule has 94 valence electrons. The van der Waals surface area contributed by atoms with Crippen LogP contribution in [0.5, 0.6) is 5.75 Å². The van der Waals surface area contributed by atoms with Crippen molar-refractivity contribution in [3.63, 3.8) is 0 Å². The minimum absolute atomic E-state index is 0.183. The van der Waals surface area contributed by atoms with Crippen LogP contribution in [0.25, 0.3) is 0 Å². The molecule has 4 heteroatoms. The number of ether oxygens (including phenoxy) is 1. The Hall–Kier alpha value is -0.320. The van der Waals surface area contributed by atoms with E-state index < -0.39 is 0 Å². The van der Waals surface area contributed by atoms with Gasteiger partial charge in [0.1, 0.15) is 11.9 Å². The molecule has 0 fully saturated rings. The molecule has 0 amide bonds.